The fourth-order valence-electron chi connectivity index (χ4n) is 2.43. The highest BCUT2D eigenvalue weighted by Crippen LogP contribution is 2.13. The summed E-state index contributed by atoms with van der Waals surface area (Å²) in [7, 11) is 0. The number of rotatable bonds is 6. The number of halogens is 1. The Labute approximate surface area is 149 Å². The third-order valence-corrected chi connectivity index (χ3v) is 3.74. The molecule has 132 valence electrons. The van der Waals surface area contributed by atoms with Crippen LogP contribution in [0.3, 0.4) is 0 Å². The number of amides is 1. The third kappa shape index (κ3) is 4.60. The molecule has 1 aromatic carbocycles. The predicted octanol–water partition coefficient (Wildman–Crippen LogP) is 2.86. The molecule has 0 unspecified atom stereocenters. The summed E-state index contributed by atoms with van der Waals surface area (Å²) in [6.45, 7) is 0.328. The largest absolute Gasteiger partial charge is 0.326 e. The molecule has 0 aliphatic rings. The quantitative estimate of drug-likeness (QED) is 0.740. The second-order valence-corrected chi connectivity index (χ2v) is 5.67. The molecule has 3 aromatic rings. The van der Waals surface area contributed by atoms with E-state index in [1.54, 1.807) is 18.5 Å². The molecular weight excluding hydrogens is 335 g/mol. The van der Waals surface area contributed by atoms with E-state index in [-0.39, 0.29) is 23.7 Å². The van der Waals surface area contributed by atoms with E-state index in [1.807, 2.05) is 12.1 Å². The molecule has 0 spiro atoms. The molecule has 0 saturated carbocycles. The molecule has 2 heterocycles. The van der Waals surface area contributed by atoms with E-state index in [9.17, 15) is 14.0 Å². The summed E-state index contributed by atoms with van der Waals surface area (Å²) in [5, 5.41) is 7.02. The van der Waals surface area contributed by atoms with Crippen LogP contribution >= 0.6 is 0 Å². The maximum absolute atomic E-state index is 12.9. The highest BCUT2D eigenvalue weighted by Gasteiger charge is 2.06. The van der Waals surface area contributed by atoms with Gasteiger partial charge in [-0.3, -0.25) is 14.6 Å². The van der Waals surface area contributed by atoms with Crippen molar-refractivity contribution >= 4 is 11.6 Å². The highest BCUT2D eigenvalue weighted by molar-refractivity contribution is 5.90. The Hall–Kier alpha value is -3.35. The number of benzene rings is 1. The first kappa shape index (κ1) is 17.5. The minimum atomic E-state index is -0.359. The summed E-state index contributed by atoms with van der Waals surface area (Å²) >= 11 is 0. The van der Waals surface area contributed by atoms with E-state index < -0.39 is 0 Å². The zero-order valence-corrected chi connectivity index (χ0v) is 13.9. The number of anilines is 1. The summed E-state index contributed by atoms with van der Waals surface area (Å²) in [5.74, 6) is -0.558. The maximum atomic E-state index is 12.9. The van der Waals surface area contributed by atoms with Gasteiger partial charge in [0.15, 0.2) is 0 Å². The second-order valence-electron chi connectivity index (χ2n) is 5.67. The van der Waals surface area contributed by atoms with Crippen LogP contribution in [-0.4, -0.2) is 20.7 Å². The van der Waals surface area contributed by atoms with Crippen molar-refractivity contribution in [2.24, 2.45) is 0 Å². The van der Waals surface area contributed by atoms with Crippen molar-refractivity contribution in [3.8, 4) is 11.3 Å². The van der Waals surface area contributed by atoms with Crippen molar-refractivity contribution in [2.75, 3.05) is 5.32 Å². The average Bonchev–Trinajstić information content (AvgIpc) is 2.66. The first-order valence-electron chi connectivity index (χ1n) is 8.16. The van der Waals surface area contributed by atoms with E-state index in [2.05, 4.69) is 15.4 Å². The number of nitrogens with zero attached hydrogens (tertiary/aromatic N) is 3. The van der Waals surface area contributed by atoms with Gasteiger partial charge in [-0.05, 0) is 48.9 Å². The van der Waals surface area contributed by atoms with Gasteiger partial charge in [0.1, 0.15) is 5.82 Å². The number of carbonyl (C=O) groups is 1. The lowest BCUT2D eigenvalue weighted by Gasteiger charge is -2.08. The lowest BCUT2D eigenvalue weighted by Crippen LogP contribution is -2.23. The third-order valence-electron chi connectivity index (χ3n) is 3.74. The molecular formula is C19H17FN4O2. The van der Waals surface area contributed by atoms with Crippen LogP contribution in [0.25, 0.3) is 11.3 Å². The number of pyridine rings is 1. The molecule has 7 heteroatoms. The molecule has 1 N–H and O–H groups in total. The number of aromatic nitrogens is 3. The summed E-state index contributed by atoms with van der Waals surface area (Å²) < 4.78 is 14.2. The summed E-state index contributed by atoms with van der Waals surface area (Å²) in [5.41, 5.74) is 1.85. The fourth-order valence-corrected chi connectivity index (χ4v) is 2.43. The van der Waals surface area contributed by atoms with Crippen LogP contribution in [0.15, 0.2) is 65.7 Å². The first-order chi connectivity index (χ1) is 12.6. The Morgan fingerprint density at radius 3 is 2.50 bits per heavy atom. The zero-order valence-electron chi connectivity index (χ0n) is 13.9. The minimum Gasteiger partial charge on any atom is -0.326 e. The topological polar surface area (TPSA) is 76.9 Å². The molecule has 0 fully saturated rings. The Kier molecular flexibility index (Phi) is 5.48. The predicted molar refractivity (Wildman–Crippen MR) is 96.0 cm³/mol. The molecule has 1 amide bonds. The van der Waals surface area contributed by atoms with Gasteiger partial charge >= 0.3 is 0 Å². The second kappa shape index (κ2) is 8.15. The normalized spacial score (nSPS) is 10.5. The van der Waals surface area contributed by atoms with Crippen molar-refractivity contribution in [1.29, 1.82) is 0 Å². The lowest BCUT2D eigenvalue weighted by atomic mass is 10.2. The number of aryl methyl sites for hydroxylation is 1. The van der Waals surface area contributed by atoms with E-state index in [4.69, 9.17) is 0 Å². The summed E-state index contributed by atoms with van der Waals surface area (Å²) in [6, 6.07) is 12.3. The van der Waals surface area contributed by atoms with Crippen LogP contribution in [0.5, 0.6) is 0 Å². The van der Waals surface area contributed by atoms with Gasteiger partial charge in [-0.2, -0.15) is 5.10 Å². The molecule has 0 bridgehead atoms. The van der Waals surface area contributed by atoms with Crippen molar-refractivity contribution < 1.29 is 9.18 Å². The standard InChI is InChI=1S/C19H17FN4O2/c20-15-3-5-16(6-4-15)22-18(25)2-1-13-24-19(26)8-7-17(23-24)14-9-11-21-12-10-14/h3-12H,1-2,13H2,(H,22,25). The SMILES string of the molecule is O=C(CCCn1nc(-c2ccncc2)ccc1=O)Nc1ccc(F)cc1. The molecule has 2 aromatic heterocycles. The molecule has 26 heavy (non-hydrogen) atoms. The molecule has 0 atom stereocenters. The Bertz CT molecular complexity index is 940. The van der Waals surface area contributed by atoms with Crippen molar-refractivity contribution in [3.05, 3.63) is 77.1 Å². The van der Waals surface area contributed by atoms with E-state index >= 15 is 0 Å². The van der Waals surface area contributed by atoms with Crippen LogP contribution in [-0.2, 0) is 11.3 Å². The van der Waals surface area contributed by atoms with Gasteiger partial charge in [0.2, 0.25) is 5.91 Å². The number of hydrogen-bond donors (Lipinski definition) is 1. The van der Waals surface area contributed by atoms with Crippen molar-refractivity contribution in [2.45, 2.75) is 19.4 Å². The Morgan fingerprint density at radius 2 is 1.77 bits per heavy atom. The van der Waals surface area contributed by atoms with E-state index in [0.717, 1.165) is 5.56 Å². The monoisotopic (exact) mass is 352 g/mol. The maximum Gasteiger partial charge on any atom is 0.266 e. The first-order valence-corrected chi connectivity index (χ1v) is 8.16. The van der Waals surface area contributed by atoms with E-state index in [1.165, 1.54) is 35.0 Å². The smallest absolute Gasteiger partial charge is 0.266 e. The molecule has 6 nitrogen and oxygen atoms in total. The van der Waals surface area contributed by atoms with Crippen LogP contribution in [0.1, 0.15) is 12.8 Å². The van der Waals surface area contributed by atoms with Gasteiger partial charge in [-0.25, -0.2) is 9.07 Å². The number of carbonyl (C=O) groups excluding carboxylic acids is 1. The van der Waals surface area contributed by atoms with Gasteiger partial charge in [0.25, 0.3) is 5.56 Å². The fraction of sp³-hybridized carbons (Fsp3) is 0.158. The Balaban J connectivity index is 1.58. The lowest BCUT2D eigenvalue weighted by molar-refractivity contribution is -0.116. The molecule has 0 aliphatic heterocycles. The number of nitrogens with one attached hydrogen (secondary N) is 1. The summed E-state index contributed by atoms with van der Waals surface area (Å²) in [6.07, 6.45) is 4.00. The minimum absolute atomic E-state index is 0.199. The van der Waals surface area contributed by atoms with Crippen molar-refractivity contribution in [1.82, 2.24) is 14.8 Å². The van der Waals surface area contributed by atoms with Gasteiger partial charge in [-0.1, -0.05) is 0 Å². The van der Waals surface area contributed by atoms with Gasteiger partial charge in [0.05, 0.1) is 5.69 Å². The van der Waals surface area contributed by atoms with Crippen LogP contribution < -0.4 is 10.9 Å². The Morgan fingerprint density at radius 1 is 1.04 bits per heavy atom. The van der Waals surface area contributed by atoms with Gasteiger partial charge in [0, 0.05) is 42.7 Å². The molecule has 0 aliphatic carbocycles. The molecule has 0 radical (unpaired) electrons. The van der Waals surface area contributed by atoms with E-state index in [0.29, 0.717) is 24.3 Å². The highest BCUT2D eigenvalue weighted by atomic mass is 19.1. The zero-order chi connectivity index (χ0) is 18.4. The molecule has 3 rings (SSSR count). The molecule has 0 saturated heterocycles. The van der Waals surface area contributed by atoms with Crippen LogP contribution in [0.2, 0.25) is 0 Å². The van der Waals surface area contributed by atoms with Gasteiger partial charge < -0.3 is 5.32 Å². The van der Waals surface area contributed by atoms with Crippen molar-refractivity contribution in [3.63, 3.8) is 0 Å². The average molecular weight is 352 g/mol. The summed E-state index contributed by atoms with van der Waals surface area (Å²) in [4.78, 5) is 27.9. The number of hydrogen-bond acceptors (Lipinski definition) is 4. The van der Waals surface area contributed by atoms with Gasteiger partial charge in [-0.15, -0.1) is 0 Å². The van der Waals surface area contributed by atoms with Crippen LogP contribution in [0, 0.1) is 5.82 Å². The van der Waals surface area contributed by atoms with Crippen LogP contribution in [0.4, 0.5) is 10.1 Å².